The second-order valence-corrected chi connectivity index (χ2v) is 3.15. The zero-order valence-electron chi connectivity index (χ0n) is 7.51. The molecule has 0 unspecified atom stereocenters. The molecule has 2 nitrogen and oxygen atoms in total. The molecular weight excluding hydrogens is 169 g/mol. The van der Waals surface area contributed by atoms with Gasteiger partial charge in [0.25, 0.3) is 0 Å². The molecule has 1 aromatic rings. The van der Waals surface area contributed by atoms with Crippen LogP contribution in [0.25, 0.3) is 0 Å². The van der Waals surface area contributed by atoms with E-state index in [-0.39, 0.29) is 11.9 Å². The minimum atomic E-state index is -0.184. The molecule has 1 aromatic carbocycles. The minimum absolute atomic E-state index is 0.135. The van der Waals surface area contributed by atoms with Gasteiger partial charge in [-0.25, -0.2) is 4.39 Å². The van der Waals surface area contributed by atoms with Crippen molar-refractivity contribution in [1.82, 2.24) is 5.32 Å². The van der Waals surface area contributed by atoms with Crippen LogP contribution in [0.5, 0.6) is 5.75 Å². The fraction of sp³-hybridized carbons (Fsp3) is 0.400. The molecule has 0 bridgehead atoms. The van der Waals surface area contributed by atoms with Gasteiger partial charge >= 0.3 is 0 Å². The lowest BCUT2D eigenvalue weighted by atomic mass is 9.96. The van der Waals surface area contributed by atoms with Gasteiger partial charge in [-0.2, -0.15) is 0 Å². The van der Waals surface area contributed by atoms with Crippen molar-refractivity contribution < 1.29 is 9.13 Å². The van der Waals surface area contributed by atoms with Crippen LogP contribution in [0, 0.1) is 5.82 Å². The van der Waals surface area contributed by atoms with Crippen molar-refractivity contribution in [3.63, 3.8) is 0 Å². The lowest BCUT2D eigenvalue weighted by molar-refractivity contribution is 0.341. The fourth-order valence-electron chi connectivity index (χ4n) is 1.57. The molecule has 0 saturated carbocycles. The van der Waals surface area contributed by atoms with Crippen molar-refractivity contribution in [2.45, 2.75) is 12.5 Å². The van der Waals surface area contributed by atoms with Gasteiger partial charge in [-0.15, -0.1) is 0 Å². The van der Waals surface area contributed by atoms with Crippen LogP contribution in [0.2, 0.25) is 0 Å². The van der Waals surface area contributed by atoms with E-state index >= 15 is 0 Å². The van der Waals surface area contributed by atoms with Gasteiger partial charge in [0.1, 0.15) is 11.6 Å². The third-order valence-electron chi connectivity index (χ3n) is 2.41. The summed E-state index contributed by atoms with van der Waals surface area (Å²) in [4.78, 5) is 0. The second-order valence-electron chi connectivity index (χ2n) is 3.15. The summed E-state index contributed by atoms with van der Waals surface area (Å²) in [5.74, 6) is 0.453. The second kappa shape index (κ2) is 3.34. The molecule has 0 aliphatic carbocycles. The monoisotopic (exact) mass is 181 g/mol. The molecule has 1 N–H and O–H groups in total. The maximum absolute atomic E-state index is 13.4. The van der Waals surface area contributed by atoms with Crippen LogP contribution < -0.4 is 10.1 Å². The van der Waals surface area contributed by atoms with Gasteiger partial charge < -0.3 is 10.1 Å². The Bertz CT molecular complexity index is 310. The van der Waals surface area contributed by atoms with E-state index in [1.165, 1.54) is 6.07 Å². The average Bonchev–Trinajstić information content (AvgIpc) is 2.05. The normalized spacial score (nSPS) is 20.9. The summed E-state index contributed by atoms with van der Waals surface area (Å²) < 4.78 is 18.5. The number of halogens is 1. The van der Waals surface area contributed by atoms with Crippen molar-refractivity contribution in [1.29, 1.82) is 0 Å². The summed E-state index contributed by atoms with van der Waals surface area (Å²) in [7, 11) is 1.57. The van der Waals surface area contributed by atoms with Gasteiger partial charge in [-0.1, -0.05) is 6.07 Å². The Hall–Kier alpha value is -1.09. The predicted octanol–water partition coefficient (Wildman–Crippen LogP) is 1.87. The Morgan fingerprint density at radius 2 is 2.31 bits per heavy atom. The molecule has 1 atom stereocenters. The van der Waals surface area contributed by atoms with Gasteiger partial charge in [0.05, 0.1) is 7.11 Å². The summed E-state index contributed by atoms with van der Waals surface area (Å²) in [5, 5.41) is 3.16. The van der Waals surface area contributed by atoms with Gasteiger partial charge in [-0.3, -0.25) is 0 Å². The number of ether oxygens (including phenoxy) is 1. The Morgan fingerprint density at radius 1 is 1.54 bits per heavy atom. The Morgan fingerprint density at radius 3 is 2.85 bits per heavy atom. The van der Waals surface area contributed by atoms with E-state index in [9.17, 15) is 4.39 Å². The number of rotatable bonds is 2. The SMILES string of the molecule is COc1cccc(F)c1[C@@H]1CCN1. The summed E-state index contributed by atoms with van der Waals surface area (Å²) in [6, 6.07) is 5.06. The zero-order valence-corrected chi connectivity index (χ0v) is 7.51. The molecule has 1 heterocycles. The highest BCUT2D eigenvalue weighted by Gasteiger charge is 2.24. The van der Waals surface area contributed by atoms with Gasteiger partial charge in [0, 0.05) is 11.6 Å². The number of methoxy groups -OCH3 is 1. The largest absolute Gasteiger partial charge is 0.496 e. The maximum Gasteiger partial charge on any atom is 0.131 e. The zero-order chi connectivity index (χ0) is 9.26. The number of hydrogen-bond donors (Lipinski definition) is 1. The molecule has 70 valence electrons. The third kappa shape index (κ3) is 1.40. The van der Waals surface area contributed by atoms with E-state index in [2.05, 4.69) is 5.32 Å². The van der Waals surface area contributed by atoms with E-state index < -0.39 is 0 Å². The lowest BCUT2D eigenvalue weighted by Gasteiger charge is -2.29. The van der Waals surface area contributed by atoms with Crippen LogP contribution in [-0.4, -0.2) is 13.7 Å². The highest BCUT2D eigenvalue weighted by Crippen LogP contribution is 2.32. The van der Waals surface area contributed by atoms with E-state index in [0.717, 1.165) is 13.0 Å². The molecule has 2 rings (SSSR count). The Kier molecular flexibility index (Phi) is 2.19. The summed E-state index contributed by atoms with van der Waals surface area (Å²) in [5.41, 5.74) is 0.663. The fourth-order valence-corrected chi connectivity index (χ4v) is 1.57. The van der Waals surface area contributed by atoms with Crippen LogP contribution in [0.4, 0.5) is 4.39 Å². The molecule has 1 fully saturated rings. The first-order valence-electron chi connectivity index (χ1n) is 4.38. The molecule has 1 saturated heterocycles. The third-order valence-corrected chi connectivity index (χ3v) is 2.41. The van der Waals surface area contributed by atoms with Crippen molar-refractivity contribution >= 4 is 0 Å². The standard InChI is InChI=1S/C10H12FNO/c1-13-9-4-2-3-7(11)10(9)8-5-6-12-8/h2-4,8,12H,5-6H2,1H3/t8-/m0/s1. The van der Waals surface area contributed by atoms with Crippen LogP contribution in [0.1, 0.15) is 18.0 Å². The summed E-state index contributed by atoms with van der Waals surface area (Å²) >= 11 is 0. The van der Waals surface area contributed by atoms with Gasteiger partial charge in [0.2, 0.25) is 0 Å². The number of hydrogen-bond acceptors (Lipinski definition) is 2. The number of nitrogens with one attached hydrogen (secondary N) is 1. The first kappa shape index (κ1) is 8.51. The Balaban J connectivity index is 2.39. The molecule has 3 heteroatoms. The van der Waals surface area contributed by atoms with Gasteiger partial charge in [0.15, 0.2) is 0 Å². The average molecular weight is 181 g/mol. The summed E-state index contributed by atoms with van der Waals surface area (Å²) in [6.07, 6.45) is 0.983. The molecule has 13 heavy (non-hydrogen) atoms. The van der Waals surface area contributed by atoms with Crippen LogP contribution >= 0.6 is 0 Å². The lowest BCUT2D eigenvalue weighted by Crippen LogP contribution is -2.35. The van der Waals surface area contributed by atoms with Crippen molar-refractivity contribution in [2.24, 2.45) is 0 Å². The molecule has 0 amide bonds. The van der Waals surface area contributed by atoms with Crippen molar-refractivity contribution in [2.75, 3.05) is 13.7 Å². The van der Waals surface area contributed by atoms with Gasteiger partial charge in [-0.05, 0) is 25.1 Å². The van der Waals surface area contributed by atoms with Crippen molar-refractivity contribution in [3.8, 4) is 5.75 Å². The van der Waals surface area contributed by atoms with Crippen LogP contribution in [0.3, 0.4) is 0 Å². The number of benzene rings is 1. The molecule has 1 aliphatic rings. The van der Waals surface area contributed by atoms with E-state index in [0.29, 0.717) is 11.3 Å². The minimum Gasteiger partial charge on any atom is -0.496 e. The van der Waals surface area contributed by atoms with E-state index in [1.54, 1.807) is 19.2 Å². The predicted molar refractivity (Wildman–Crippen MR) is 48.3 cm³/mol. The van der Waals surface area contributed by atoms with E-state index in [1.807, 2.05) is 0 Å². The van der Waals surface area contributed by atoms with Crippen LogP contribution in [-0.2, 0) is 0 Å². The summed E-state index contributed by atoms with van der Waals surface area (Å²) in [6.45, 7) is 0.960. The molecular formula is C10H12FNO. The molecule has 0 radical (unpaired) electrons. The highest BCUT2D eigenvalue weighted by molar-refractivity contribution is 5.38. The van der Waals surface area contributed by atoms with Crippen LogP contribution in [0.15, 0.2) is 18.2 Å². The first-order valence-corrected chi connectivity index (χ1v) is 4.38. The highest BCUT2D eigenvalue weighted by atomic mass is 19.1. The van der Waals surface area contributed by atoms with E-state index in [4.69, 9.17) is 4.74 Å². The Labute approximate surface area is 76.7 Å². The smallest absolute Gasteiger partial charge is 0.131 e. The topological polar surface area (TPSA) is 21.3 Å². The molecule has 0 aromatic heterocycles. The first-order chi connectivity index (χ1) is 6.33. The molecule has 0 spiro atoms. The maximum atomic E-state index is 13.4. The quantitative estimate of drug-likeness (QED) is 0.752. The molecule has 1 aliphatic heterocycles. The van der Waals surface area contributed by atoms with Crippen molar-refractivity contribution in [3.05, 3.63) is 29.6 Å².